The van der Waals surface area contributed by atoms with E-state index in [1.807, 2.05) is 31.7 Å². The second kappa shape index (κ2) is 7.49. The molecule has 7 heteroatoms. The Morgan fingerprint density at radius 1 is 1.24 bits per heavy atom. The maximum absolute atomic E-state index is 13.9. The van der Waals surface area contributed by atoms with E-state index in [4.69, 9.17) is 0 Å². The Hall–Kier alpha value is -1.99. The molecule has 2 heterocycles. The van der Waals surface area contributed by atoms with Gasteiger partial charge in [-0.1, -0.05) is 12.1 Å². The molecule has 1 N–H and O–H groups in total. The van der Waals surface area contributed by atoms with Gasteiger partial charge in [-0.25, -0.2) is 9.37 Å². The van der Waals surface area contributed by atoms with Crippen molar-refractivity contribution in [3.8, 4) is 0 Å². The number of thiazole rings is 1. The molecule has 1 aromatic heterocycles. The van der Waals surface area contributed by atoms with Gasteiger partial charge in [0.2, 0.25) is 5.91 Å². The summed E-state index contributed by atoms with van der Waals surface area (Å²) in [5.41, 5.74) is 1.58. The number of aryl methyl sites for hydroxylation is 2. The summed E-state index contributed by atoms with van der Waals surface area (Å²) < 4.78 is 13.9. The van der Waals surface area contributed by atoms with Crippen molar-refractivity contribution in [2.75, 3.05) is 36.4 Å². The van der Waals surface area contributed by atoms with Crippen molar-refractivity contribution in [2.45, 2.75) is 26.8 Å². The lowest BCUT2D eigenvalue weighted by atomic mass is 10.2. The average Bonchev–Trinajstić information content (AvgIpc) is 2.92. The van der Waals surface area contributed by atoms with E-state index in [2.05, 4.69) is 15.2 Å². The number of amides is 1. The number of rotatable bonds is 4. The molecule has 1 saturated heterocycles. The molecular weight excluding hydrogens is 339 g/mol. The number of hydrogen-bond donors (Lipinski definition) is 1. The highest BCUT2D eigenvalue weighted by Crippen LogP contribution is 2.23. The third-order valence-corrected chi connectivity index (χ3v) is 5.68. The first-order valence-corrected chi connectivity index (χ1v) is 9.26. The predicted molar refractivity (Wildman–Crippen MR) is 99.9 cm³/mol. The molecule has 0 aliphatic carbocycles. The van der Waals surface area contributed by atoms with Crippen LogP contribution in [0.3, 0.4) is 0 Å². The molecule has 1 amide bonds. The largest absolute Gasteiger partial charge is 0.367 e. The number of para-hydroxylation sites is 1. The van der Waals surface area contributed by atoms with Gasteiger partial charge in [0.05, 0.1) is 17.4 Å². The Morgan fingerprint density at radius 2 is 1.92 bits per heavy atom. The van der Waals surface area contributed by atoms with Crippen LogP contribution < -0.4 is 10.2 Å². The lowest BCUT2D eigenvalue weighted by Gasteiger charge is -2.38. The summed E-state index contributed by atoms with van der Waals surface area (Å²) in [5.74, 6) is -0.246. The molecule has 134 valence electrons. The fraction of sp³-hybridized carbons (Fsp3) is 0.444. The zero-order valence-corrected chi connectivity index (χ0v) is 15.6. The molecule has 1 aromatic carbocycles. The summed E-state index contributed by atoms with van der Waals surface area (Å²) in [5, 5.41) is 3.56. The molecule has 1 unspecified atom stereocenters. The minimum atomic E-state index is -0.243. The van der Waals surface area contributed by atoms with Crippen molar-refractivity contribution < 1.29 is 9.18 Å². The van der Waals surface area contributed by atoms with Crippen LogP contribution in [0.5, 0.6) is 0 Å². The Bertz CT molecular complexity index is 736. The fourth-order valence-corrected chi connectivity index (χ4v) is 3.78. The molecule has 2 aromatic rings. The quantitative estimate of drug-likeness (QED) is 0.908. The summed E-state index contributed by atoms with van der Waals surface area (Å²) in [6.07, 6.45) is 0. The molecule has 1 atom stereocenters. The molecule has 25 heavy (non-hydrogen) atoms. The van der Waals surface area contributed by atoms with E-state index in [0.717, 1.165) is 23.7 Å². The molecule has 5 nitrogen and oxygen atoms in total. The molecule has 1 aliphatic heterocycles. The Labute approximate surface area is 151 Å². The number of nitrogens with zero attached hydrogens (tertiary/aromatic N) is 3. The summed E-state index contributed by atoms with van der Waals surface area (Å²) in [7, 11) is 0. The zero-order chi connectivity index (χ0) is 18.0. The first-order chi connectivity index (χ1) is 12.0. The van der Waals surface area contributed by atoms with Crippen molar-refractivity contribution in [1.29, 1.82) is 0 Å². The van der Waals surface area contributed by atoms with E-state index in [0.29, 0.717) is 23.9 Å². The normalized spacial score (nSPS) is 16.7. The molecule has 3 rings (SSSR count). The molecule has 0 radical (unpaired) electrons. The van der Waals surface area contributed by atoms with Gasteiger partial charge in [-0.15, -0.1) is 11.3 Å². The summed E-state index contributed by atoms with van der Waals surface area (Å²) in [6, 6.07) is 6.58. The monoisotopic (exact) mass is 362 g/mol. The van der Waals surface area contributed by atoms with Crippen molar-refractivity contribution >= 4 is 28.1 Å². The minimum absolute atomic E-state index is 0.0481. The fourth-order valence-electron chi connectivity index (χ4n) is 2.96. The van der Waals surface area contributed by atoms with Gasteiger partial charge < -0.3 is 10.2 Å². The van der Waals surface area contributed by atoms with E-state index < -0.39 is 0 Å². The van der Waals surface area contributed by atoms with Gasteiger partial charge >= 0.3 is 0 Å². The second-order valence-corrected chi connectivity index (χ2v) is 7.50. The number of anilines is 2. The molecule has 0 spiro atoms. The maximum Gasteiger partial charge on any atom is 0.243 e. The second-order valence-electron chi connectivity index (χ2n) is 6.30. The van der Waals surface area contributed by atoms with Crippen LogP contribution in [0.25, 0.3) is 0 Å². The van der Waals surface area contributed by atoms with E-state index in [1.54, 1.807) is 12.1 Å². The summed E-state index contributed by atoms with van der Waals surface area (Å²) in [6.45, 7) is 8.68. The highest BCUT2D eigenvalue weighted by molar-refractivity contribution is 7.15. The standard InChI is InChI=1S/C18H23FN4OS/c1-12-14(3)25-18(20-12)21-17(24)13(2)22-8-10-23(11-9-22)16-7-5-4-6-15(16)19/h4-7,13H,8-11H2,1-3H3,(H,20,21,24). The number of hydrogen-bond acceptors (Lipinski definition) is 5. The van der Waals surface area contributed by atoms with Crippen LogP contribution in [-0.2, 0) is 4.79 Å². The topological polar surface area (TPSA) is 48.5 Å². The van der Waals surface area contributed by atoms with E-state index in [9.17, 15) is 9.18 Å². The third-order valence-electron chi connectivity index (χ3n) is 4.69. The highest BCUT2D eigenvalue weighted by Gasteiger charge is 2.27. The van der Waals surface area contributed by atoms with Gasteiger partial charge in [-0.3, -0.25) is 9.69 Å². The first kappa shape index (κ1) is 17.8. The Balaban J connectivity index is 1.56. The van der Waals surface area contributed by atoms with Crippen LogP contribution in [0.2, 0.25) is 0 Å². The van der Waals surface area contributed by atoms with Gasteiger partial charge in [0, 0.05) is 31.1 Å². The number of halogens is 1. The van der Waals surface area contributed by atoms with Crippen molar-refractivity contribution in [2.24, 2.45) is 0 Å². The van der Waals surface area contributed by atoms with E-state index in [1.165, 1.54) is 17.4 Å². The predicted octanol–water partition coefficient (Wildman–Crippen LogP) is 3.05. The lowest BCUT2D eigenvalue weighted by molar-refractivity contribution is -0.120. The van der Waals surface area contributed by atoms with Gasteiger partial charge in [-0.05, 0) is 32.9 Å². The SMILES string of the molecule is Cc1nc(NC(=O)C(C)N2CCN(c3ccccc3F)CC2)sc1C. The molecule has 0 bridgehead atoms. The molecule has 1 fully saturated rings. The number of carbonyl (C=O) groups is 1. The highest BCUT2D eigenvalue weighted by atomic mass is 32.1. The van der Waals surface area contributed by atoms with Crippen LogP contribution >= 0.6 is 11.3 Å². The van der Waals surface area contributed by atoms with Crippen molar-refractivity contribution in [3.63, 3.8) is 0 Å². The molecule has 1 aliphatic rings. The number of carbonyl (C=O) groups excluding carboxylic acids is 1. The van der Waals surface area contributed by atoms with E-state index in [-0.39, 0.29) is 17.8 Å². The Morgan fingerprint density at radius 3 is 2.52 bits per heavy atom. The average molecular weight is 362 g/mol. The number of benzene rings is 1. The maximum atomic E-state index is 13.9. The van der Waals surface area contributed by atoms with Crippen LogP contribution in [-0.4, -0.2) is 48.0 Å². The van der Waals surface area contributed by atoms with Crippen molar-refractivity contribution in [1.82, 2.24) is 9.88 Å². The smallest absolute Gasteiger partial charge is 0.243 e. The summed E-state index contributed by atoms with van der Waals surface area (Å²) >= 11 is 1.49. The van der Waals surface area contributed by atoms with Crippen LogP contribution in [0.1, 0.15) is 17.5 Å². The van der Waals surface area contributed by atoms with Crippen LogP contribution in [0, 0.1) is 19.7 Å². The van der Waals surface area contributed by atoms with Crippen LogP contribution in [0.4, 0.5) is 15.2 Å². The molecule has 0 saturated carbocycles. The van der Waals surface area contributed by atoms with Gasteiger partial charge in [0.15, 0.2) is 5.13 Å². The molecular formula is C18H23FN4OS. The number of piperazine rings is 1. The number of nitrogens with one attached hydrogen (secondary N) is 1. The lowest BCUT2D eigenvalue weighted by Crippen LogP contribution is -2.53. The Kier molecular flexibility index (Phi) is 5.34. The van der Waals surface area contributed by atoms with Gasteiger partial charge in [0.1, 0.15) is 5.82 Å². The van der Waals surface area contributed by atoms with Crippen LogP contribution in [0.15, 0.2) is 24.3 Å². The van der Waals surface area contributed by atoms with E-state index >= 15 is 0 Å². The first-order valence-electron chi connectivity index (χ1n) is 8.44. The zero-order valence-electron chi connectivity index (χ0n) is 14.8. The van der Waals surface area contributed by atoms with Gasteiger partial charge in [-0.2, -0.15) is 0 Å². The van der Waals surface area contributed by atoms with Gasteiger partial charge in [0.25, 0.3) is 0 Å². The minimum Gasteiger partial charge on any atom is -0.367 e. The third kappa shape index (κ3) is 3.99. The van der Waals surface area contributed by atoms with Crippen molar-refractivity contribution in [3.05, 3.63) is 40.7 Å². The summed E-state index contributed by atoms with van der Waals surface area (Å²) in [4.78, 5) is 22.1. The number of aromatic nitrogens is 1.